The van der Waals surface area contributed by atoms with Crippen LogP contribution in [0.15, 0.2) is 59.5 Å². The van der Waals surface area contributed by atoms with Crippen molar-refractivity contribution in [2.75, 3.05) is 0 Å². The molecule has 1 fully saturated rings. The third kappa shape index (κ3) is 4.39. The quantitative estimate of drug-likeness (QED) is 0.360. The molecule has 1 heterocycles. The number of nitrogens with zero attached hydrogens (tertiary/aromatic N) is 2. The standard InChI is InChI=1S/C18H13N3O4S2/c22-16(10-12-6-2-1-3-7-12)19-20-17(23)15(27-18(20)26)11-13-8-4-5-9-14(13)21(24)25/h1-9,11H,10H2,(H,19,22). The third-order valence-electron chi connectivity index (χ3n) is 3.66. The van der Waals surface area contributed by atoms with Crippen LogP contribution in [-0.2, 0) is 16.0 Å². The van der Waals surface area contributed by atoms with Crippen molar-refractivity contribution in [2.24, 2.45) is 0 Å². The number of hydrogen-bond donors (Lipinski definition) is 1. The first kappa shape index (κ1) is 18.7. The second-order valence-corrected chi connectivity index (χ2v) is 7.21. The van der Waals surface area contributed by atoms with Gasteiger partial charge in [0, 0.05) is 6.07 Å². The van der Waals surface area contributed by atoms with Crippen LogP contribution >= 0.6 is 24.0 Å². The van der Waals surface area contributed by atoms with Gasteiger partial charge in [-0.3, -0.25) is 25.1 Å². The number of thioether (sulfide) groups is 1. The van der Waals surface area contributed by atoms with Gasteiger partial charge < -0.3 is 0 Å². The Balaban J connectivity index is 1.75. The van der Waals surface area contributed by atoms with Gasteiger partial charge in [-0.15, -0.1) is 0 Å². The molecule has 0 unspecified atom stereocenters. The Morgan fingerprint density at radius 3 is 2.56 bits per heavy atom. The number of nitro benzene ring substituents is 1. The fourth-order valence-electron chi connectivity index (χ4n) is 2.43. The van der Waals surface area contributed by atoms with E-state index in [1.54, 1.807) is 30.3 Å². The predicted molar refractivity (Wildman–Crippen MR) is 106 cm³/mol. The molecule has 2 amide bonds. The van der Waals surface area contributed by atoms with Crippen molar-refractivity contribution in [3.05, 3.63) is 80.7 Å². The van der Waals surface area contributed by atoms with Crippen LogP contribution in [0.4, 0.5) is 5.69 Å². The van der Waals surface area contributed by atoms with Crippen molar-refractivity contribution in [3.8, 4) is 0 Å². The zero-order chi connectivity index (χ0) is 19.4. The predicted octanol–water partition coefficient (Wildman–Crippen LogP) is 3.07. The normalized spacial score (nSPS) is 15.3. The molecule has 0 aliphatic carbocycles. The van der Waals surface area contributed by atoms with Crippen LogP contribution in [0.5, 0.6) is 0 Å². The summed E-state index contributed by atoms with van der Waals surface area (Å²) in [5.41, 5.74) is 3.47. The first-order valence-electron chi connectivity index (χ1n) is 7.80. The highest BCUT2D eigenvalue weighted by Gasteiger charge is 2.34. The van der Waals surface area contributed by atoms with Crippen molar-refractivity contribution in [1.29, 1.82) is 0 Å². The number of thiocarbonyl (C=S) groups is 1. The van der Waals surface area contributed by atoms with Crippen molar-refractivity contribution in [3.63, 3.8) is 0 Å². The average molecular weight is 399 g/mol. The van der Waals surface area contributed by atoms with Crippen molar-refractivity contribution in [2.45, 2.75) is 6.42 Å². The van der Waals surface area contributed by atoms with Gasteiger partial charge in [-0.05, 0) is 29.9 Å². The Bertz CT molecular complexity index is 960. The smallest absolute Gasteiger partial charge is 0.273 e. The molecule has 2 aromatic carbocycles. The molecule has 1 aliphatic heterocycles. The number of rotatable bonds is 5. The number of hydrogen-bond acceptors (Lipinski definition) is 6. The van der Waals surface area contributed by atoms with Crippen LogP contribution < -0.4 is 5.43 Å². The molecular formula is C18H13N3O4S2. The Morgan fingerprint density at radius 1 is 1.19 bits per heavy atom. The minimum atomic E-state index is -0.524. The molecule has 0 spiro atoms. The third-order valence-corrected chi connectivity index (χ3v) is 4.96. The van der Waals surface area contributed by atoms with Gasteiger partial charge in [0.15, 0.2) is 4.32 Å². The largest absolute Gasteiger partial charge is 0.285 e. The van der Waals surface area contributed by atoms with Crippen LogP contribution in [0.3, 0.4) is 0 Å². The highest BCUT2D eigenvalue weighted by atomic mass is 32.2. The van der Waals surface area contributed by atoms with Gasteiger partial charge in [-0.25, -0.2) is 0 Å². The van der Waals surface area contributed by atoms with E-state index in [1.807, 2.05) is 18.2 Å². The molecule has 0 bridgehead atoms. The summed E-state index contributed by atoms with van der Waals surface area (Å²) in [6.45, 7) is 0. The van der Waals surface area contributed by atoms with E-state index in [1.165, 1.54) is 12.1 Å². The summed E-state index contributed by atoms with van der Waals surface area (Å²) in [5, 5.41) is 12.1. The van der Waals surface area contributed by atoms with Crippen LogP contribution in [0.2, 0.25) is 0 Å². The van der Waals surface area contributed by atoms with Gasteiger partial charge in [0.1, 0.15) is 0 Å². The lowest BCUT2D eigenvalue weighted by Crippen LogP contribution is -2.45. The highest BCUT2D eigenvalue weighted by molar-refractivity contribution is 8.26. The van der Waals surface area contributed by atoms with Crippen molar-refractivity contribution in [1.82, 2.24) is 10.4 Å². The number of nitro groups is 1. The average Bonchev–Trinajstić information content (AvgIpc) is 2.90. The lowest BCUT2D eigenvalue weighted by atomic mass is 10.1. The van der Waals surface area contributed by atoms with E-state index in [-0.39, 0.29) is 27.2 Å². The second-order valence-electron chi connectivity index (χ2n) is 5.53. The van der Waals surface area contributed by atoms with Crippen LogP contribution in [-0.4, -0.2) is 26.1 Å². The fraction of sp³-hybridized carbons (Fsp3) is 0.0556. The van der Waals surface area contributed by atoms with E-state index in [4.69, 9.17) is 12.2 Å². The van der Waals surface area contributed by atoms with E-state index in [0.29, 0.717) is 5.56 Å². The number of amides is 2. The monoisotopic (exact) mass is 399 g/mol. The van der Waals surface area contributed by atoms with Crippen LogP contribution in [0.25, 0.3) is 6.08 Å². The Hall–Kier alpha value is -3.04. The van der Waals surface area contributed by atoms with Gasteiger partial charge in [0.2, 0.25) is 5.91 Å². The first-order valence-corrected chi connectivity index (χ1v) is 9.03. The molecule has 1 N–H and O–H groups in total. The molecule has 0 saturated carbocycles. The van der Waals surface area contributed by atoms with Crippen LogP contribution in [0, 0.1) is 10.1 Å². The van der Waals surface area contributed by atoms with E-state index in [9.17, 15) is 19.7 Å². The number of hydrazine groups is 1. The molecule has 7 nitrogen and oxygen atoms in total. The summed E-state index contributed by atoms with van der Waals surface area (Å²) in [6.07, 6.45) is 1.50. The van der Waals surface area contributed by atoms with Gasteiger partial charge in [-0.2, -0.15) is 5.01 Å². The van der Waals surface area contributed by atoms with E-state index in [0.717, 1.165) is 22.3 Å². The highest BCUT2D eigenvalue weighted by Crippen LogP contribution is 2.33. The Kier molecular flexibility index (Phi) is 5.63. The summed E-state index contributed by atoms with van der Waals surface area (Å²) in [7, 11) is 0. The maximum atomic E-state index is 12.6. The molecule has 27 heavy (non-hydrogen) atoms. The Morgan fingerprint density at radius 2 is 1.85 bits per heavy atom. The summed E-state index contributed by atoms with van der Waals surface area (Å²) in [4.78, 5) is 35.5. The number of nitrogens with one attached hydrogen (secondary N) is 1. The molecule has 0 radical (unpaired) electrons. The maximum Gasteiger partial charge on any atom is 0.285 e. The zero-order valence-electron chi connectivity index (χ0n) is 13.8. The summed E-state index contributed by atoms with van der Waals surface area (Å²) in [6, 6.07) is 15.2. The van der Waals surface area contributed by atoms with Crippen LogP contribution in [0.1, 0.15) is 11.1 Å². The topological polar surface area (TPSA) is 92.6 Å². The fourth-order valence-corrected chi connectivity index (χ4v) is 3.60. The molecule has 136 valence electrons. The minimum absolute atomic E-state index is 0.0983. The Labute approximate surface area is 164 Å². The van der Waals surface area contributed by atoms with Gasteiger partial charge in [0.05, 0.1) is 21.8 Å². The van der Waals surface area contributed by atoms with E-state index < -0.39 is 10.8 Å². The van der Waals surface area contributed by atoms with Gasteiger partial charge >= 0.3 is 0 Å². The number of para-hydroxylation sites is 1. The molecule has 0 aromatic heterocycles. The number of benzene rings is 2. The lowest BCUT2D eigenvalue weighted by molar-refractivity contribution is -0.385. The van der Waals surface area contributed by atoms with E-state index in [2.05, 4.69) is 5.43 Å². The first-order chi connectivity index (χ1) is 13.0. The molecule has 2 aromatic rings. The number of carbonyl (C=O) groups is 2. The van der Waals surface area contributed by atoms with Gasteiger partial charge in [0.25, 0.3) is 11.6 Å². The van der Waals surface area contributed by atoms with Gasteiger partial charge in [-0.1, -0.05) is 54.2 Å². The summed E-state index contributed by atoms with van der Waals surface area (Å²) >= 11 is 6.13. The maximum absolute atomic E-state index is 12.6. The second kappa shape index (κ2) is 8.11. The SMILES string of the molecule is O=C(Cc1ccccc1)NN1C(=O)C(=Cc2ccccc2[N+](=O)[O-])SC1=S. The molecule has 0 atom stereocenters. The molecule has 9 heteroatoms. The minimum Gasteiger partial charge on any atom is -0.273 e. The van der Waals surface area contributed by atoms with Crippen molar-refractivity contribution < 1.29 is 14.5 Å². The molecular weight excluding hydrogens is 386 g/mol. The summed E-state index contributed by atoms with van der Waals surface area (Å²) < 4.78 is 0.159. The van der Waals surface area contributed by atoms with Crippen molar-refractivity contribution >= 4 is 51.9 Å². The molecule has 1 saturated heterocycles. The molecule has 1 aliphatic rings. The zero-order valence-corrected chi connectivity index (χ0v) is 15.5. The van der Waals surface area contributed by atoms with E-state index >= 15 is 0 Å². The summed E-state index contributed by atoms with van der Waals surface area (Å²) in [5.74, 6) is -0.908. The lowest BCUT2D eigenvalue weighted by Gasteiger charge is -2.15. The number of carbonyl (C=O) groups excluding carboxylic acids is 2. The molecule has 3 rings (SSSR count).